The summed E-state index contributed by atoms with van der Waals surface area (Å²) in [6.45, 7) is 2.19. The second-order valence-corrected chi connectivity index (χ2v) is 4.95. The largest absolute Gasteiger partial charge is 0.326 e. The van der Waals surface area contributed by atoms with E-state index in [4.69, 9.17) is 18.4 Å². The summed E-state index contributed by atoms with van der Waals surface area (Å²) in [6.07, 6.45) is 8.77. The number of thiol groups is 1. The van der Waals surface area contributed by atoms with E-state index in [1.165, 1.54) is 38.5 Å². The van der Waals surface area contributed by atoms with Crippen LogP contribution in [0.1, 0.15) is 51.9 Å². The molecule has 0 aromatic carbocycles. The lowest BCUT2D eigenvalue weighted by Gasteiger charge is -2.37. The van der Waals surface area contributed by atoms with Gasteiger partial charge in [-0.2, -0.15) is 12.6 Å². The molecule has 1 saturated carbocycles. The van der Waals surface area contributed by atoms with E-state index in [0.717, 1.165) is 6.42 Å². The van der Waals surface area contributed by atoms with E-state index in [9.17, 15) is 0 Å². The fourth-order valence-electron chi connectivity index (χ4n) is 2.11. The van der Waals surface area contributed by atoms with Crippen LogP contribution in [-0.4, -0.2) is 10.8 Å². The average Bonchev–Trinajstić information content (AvgIpc) is 2.06. The maximum absolute atomic E-state index is 6.12. The Balaban J connectivity index is 2.44. The van der Waals surface area contributed by atoms with Crippen LogP contribution in [0.5, 0.6) is 0 Å². The second-order valence-electron chi connectivity index (χ2n) is 4.06. The highest BCUT2D eigenvalue weighted by Crippen LogP contribution is 2.37. The van der Waals surface area contributed by atoms with E-state index in [1.807, 2.05) is 0 Å². The Morgan fingerprint density at radius 3 is 2.42 bits per heavy atom. The molecular weight excluding hydrogens is 166 g/mol. The monoisotopic (exact) mass is 187 g/mol. The van der Waals surface area contributed by atoms with Crippen LogP contribution < -0.4 is 5.73 Å². The van der Waals surface area contributed by atoms with Crippen molar-refractivity contribution in [1.82, 2.24) is 0 Å². The van der Waals surface area contributed by atoms with Crippen LogP contribution in [-0.2, 0) is 0 Å². The lowest BCUT2D eigenvalue weighted by Crippen LogP contribution is -2.44. The zero-order valence-electron chi connectivity index (χ0n) is 8.05. The van der Waals surface area contributed by atoms with Gasteiger partial charge in [-0.3, -0.25) is 0 Å². The first kappa shape index (κ1) is 10.4. The Labute approximate surface area is 81.5 Å². The first-order chi connectivity index (χ1) is 5.69. The van der Waals surface area contributed by atoms with E-state index >= 15 is 0 Å². The number of nitrogens with two attached hydrogens (primary N) is 1. The Kier molecular flexibility index (Phi) is 3.91. The van der Waals surface area contributed by atoms with Crippen LogP contribution in [0.25, 0.3) is 0 Å². The second kappa shape index (κ2) is 4.52. The van der Waals surface area contributed by atoms with Crippen molar-refractivity contribution in [3.63, 3.8) is 0 Å². The molecule has 1 unspecified atom stereocenters. The van der Waals surface area contributed by atoms with Crippen molar-refractivity contribution in [2.75, 3.05) is 0 Å². The standard InChI is InChI=1S/C10H21NS/c1-2-6-9(11)10(12)7-4-3-5-8-10/h9,12H,2-8,11H2,1H3. The number of rotatable bonds is 3. The lowest BCUT2D eigenvalue weighted by molar-refractivity contribution is 0.334. The summed E-state index contributed by atoms with van der Waals surface area (Å²) in [7, 11) is 0. The van der Waals surface area contributed by atoms with Crippen molar-refractivity contribution in [1.29, 1.82) is 0 Å². The fraction of sp³-hybridized carbons (Fsp3) is 1.00. The molecular formula is C10H21NS. The van der Waals surface area contributed by atoms with Gasteiger partial charge in [0.1, 0.15) is 0 Å². The van der Waals surface area contributed by atoms with E-state index in [2.05, 4.69) is 6.92 Å². The van der Waals surface area contributed by atoms with Crippen LogP contribution in [0.3, 0.4) is 0 Å². The Hall–Kier alpha value is 0.310. The smallest absolute Gasteiger partial charge is 0.0280 e. The van der Waals surface area contributed by atoms with Gasteiger partial charge in [0.2, 0.25) is 0 Å². The lowest BCUT2D eigenvalue weighted by atomic mass is 9.81. The summed E-state index contributed by atoms with van der Waals surface area (Å²) in [4.78, 5) is 0. The van der Waals surface area contributed by atoms with Gasteiger partial charge in [-0.25, -0.2) is 0 Å². The van der Waals surface area contributed by atoms with Gasteiger partial charge in [0, 0.05) is 10.8 Å². The molecule has 0 heterocycles. The molecule has 0 spiro atoms. The van der Waals surface area contributed by atoms with Crippen LogP contribution in [0.15, 0.2) is 0 Å². The predicted octanol–water partition coefficient (Wildman–Crippen LogP) is 2.75. The summed E-state index contributed by atoms with van der Waals surface area (Å²) in [6, 6.07) is 0.311. The van der Waals surface area contributed by atoms with Gasteiger partial charge in [0.25, 0.3) is 0 Å². The highest BCUT2D eigenvalue weighted by atomic mass is 32.1. The van der Waals surface area contributed by atoms with Gasteiger partial charge in [-0.05, 0) is 19.3 Å². The molecule has 0 aromatic heterocycles. The molecule has 0 radical (unpaired) electrons. The molecule has 0 aromatic rings. The molecule has 0 saturated heterocycles. The minimum Gasteiger partial charge on any atom is -0.326 e. The van der Waals surface area contributed by atoms with Gasteiger partial charge < -0.3 is 5.73 Å². The fourth-order valence-corrected chi connectivity index (χ4v) is 2.56. The summed E-state index contributed by atoms with van der Waals surface area (Å²) < 4.78 is 0.161. The highest BCUT2D eigenvalue weighted by Gasteiger charge is 2.33. The highest BCUT2D eigenvalue weighted by molar-refractivity contribution is 7.81. The summed E-state index contributed by atoms with van der Waals surface area (Å²) in [5.41, 5.74) is 6.12. The molecule has 1 atom stereocenters. The van der Waals surface area contributed by atoms with Crippen LogP contribution in [0.4, 0.5) is 0 Å². The Morgan fingerprint density at radius 1 is 1.33 bits per heavy atom. The SMILES string of the molecule is CCCC(N)C1(S)CCCCC1. The summed E-state index contributed by atoms with van der Waals surface area (Å²) in [5.74, 6) is 0. The molecule has 1 aliphatic rings. The van der Waals surface area contributed by atoms with E-state index in [-0.39, 0.29) is 4.75 Å². The third-order valence-corrected chi connectivity index (χ3v) is 3.79. The Bertz CT molecular complexity index is 130. The normalized spacial score (nSPS) is 25.2. The van der Waals surface area contributed by atoms with Crippen LogP contribution >= 0.6 is 12.6 Å². The van der Waals surface area contributed by atoms with Gasteiger partial charge in [0.15, 0.2) is 0 Å². The predicted molar refractivity (Wildman–Crippen MR) is 57.7 cm³/mol. The van der Waals surface area contributed by atoms with Gasteiger partial charge >= 0.3 is 0 Å². The molecule has 1 aliphatic carbocycles. The van der Waals surface area contributed by atoms with Crippen molar-refractivity contribution < 1.29 is 0 Å². The van der Waals surface area contributed by atoms with Crippen molar-refractivity contribution in [2.24, 2.45) is 5.73 Å². The minimum absolute atomic E-state index is 0.161. The quantitative estimate of drug-likeness (QED) is 0.653. The van der Waals surface area contributed by atoms with Crippen LogP contribution in [0.2, 0.25) is 0 Å². The molecule has 1 rings (SSSR count). The van der Waals surface area contributed by atoms with Crippen LogP contribution in [0, 0.1) is 0 Å². The maximum atomic E-state index is 6.12. The average molecular weight is 187 g/mol. The Morgan fingerprint density at radius 2 is 1.92 bits per heavy atom. The molecule has 0 bridgehead atoms. The van der Waals surface area contributed by atoms with E-state index < -0.39 is 0 Å². The third-order valence-electron chi connectivity index (χ3n) is 3.01. The molecule has 1 nitrogen and oxygen atoms in total. The zero-order valence-corrected chi connectivity index (χ0v) is 8.95. The molecule has 0 aliphatic heterocycles. The first-order valence-corrected chi connectivity index (χ1v) is 5.62. The molecule has 1 fully saturated rings. The van der Waals surface area contributed by atoms with Gasteiger partial charge in [-0.15, -0.1) is 0 Å². The zero-order chi connectivity index (χ0) is 9.03. The summed E-state index contributed by atoms with van der Waals surface area (Å²) in [5, 5.41) is 0. The van der Waals surface area contributed by atoms with Crippen molar-refractivity contribution in [2.45, 2.75) is 62.7 Å². The molecule has 72 valence electrons. The molecule has 0 amide bonds. The minimum atomic E-state index is 0.161. The first-order valence-electron chi connectivity index (χ1n) is 5.17. The molecule has 12 heavy (non-hydrogen) atoms. The van der Waals surface area contributed by atoms with E-state index in [0.29, 0.717) is 6.04 Å². The third kappa shape index (κ3) is 2.40. The maximum Gasteiger partial charge on any atom is 0.0280 e. The molecule has 2 N–H and O–H groups in total. The van der Waals surface area contributed by atoms with Crippen molar-refractivity contribution in [3.8, 4) is 0 Å². The van der Waals surface area contributed by atoms with Gasteiger partial charge in [-0.1, -0.05) is 32.6 Å². The molecule has 2 heteroatoms. The topological polar surface area (TPSA) is 26.0 Å². The van der Waals surface area contributed by atoms with Crippen molar-refractivity contribution >= 4 is 12.6 Å². The van der Waals surface area contributed by atoms with Crippen molar-refractivity contribution in [3.05, 3.63) is 0 Å². The van der Waals surface area contributed by atoms with Gasteiger partial charge in [0.05, 0.1) is 0 Å². The summed E-state index contributed by atoms with van der Waals surface area (Å²) >= 11 is 4.75. The number of hydrogen-bond donors (Lipinski definition) is 2. The van der Waals surface area contributed by atoms with E-state index in [1.54, 1.807) is 0 Å². The number of hydrogen-bond acceptors (Lipinski definition) is 2.